The van der Waals surface area contributed by atoms with Gasteiger partial charge in [-0.05, 0) is 30.6 Å². The Balaban J connectivity index is 1.94. The monoisotopic (exact) mass is 154 g/mol. The molecule has 1 unspecified atom stereocenters. The number of hydrogen-bond acceptors (Lipinski definition) is 1. The van der Waals surface area contributed by atoms with Gasteiger partial charge in [-0.25, -0.2) is 0 Å². The van der Waals surface area contributed by atoms with Crippen molar-refractivity contribution in [3.63, 3.8) is 0 Å². The Labute approximate surface area is 66.6 Å². The van der Waals surface area contributed by atoms with Gasteiger partial charge in [0.2, 0.25) is 0 Å². The van der Waals surface area contributed by atoms with E-state index in [1.165, 1.54) is 25.7 Å². The molecular weight excluding hydrogens is 140 g/mol. The summed E-state index contributed by atoms with van der Waals surface area (Å²) in [5.74, 6) is -0.206. The topological polar surface area (TPSA) is 37.3 Å². The van der Waals surface area contributed by atoms with E-state index in [-0.39, 0.29) is 5.92 Å². The Kier molecular flexibility index (Phi) is 1.29. The third kappa shape index (κ3) is 0.883. The normalized spacial score (nSPS) is 34.5. The highest BCUT2D eigenvalue weighted by atomic mass is 16.4. The average molecular weight is 154 g/mol. The van der Waals surface area contributed by atoms with E-state index in [1.807, 2.05) is 6.92 Å². The molecule has 0 saturated heterocycles. The van der Waals surface area contributed by atoms with Crippen molar-refractivity contribution in [2.45, 2.75) is 32.6 Å². The van der Waals surface area contributed by atoms with Crippen molar-refractivity contribution in [2.75, 3.05) is 0 Å². The van der Waals surface area contributed by atoms with E-state index in [9.17, 15) is 4.79 Å². The minimum Gasteiger partial charge on any atom is -0.481 e. The second kappa shape index (κ2) is 1.99. The Hall–Kier alpha value is -0.530. The summed E-state index contributed by atoms with van der Waals surface area (Å²) in [6.45, 7) is 1.85. The first-order valence-corrected chi connectivity index (χ1v) is 4.38. The molecule has 2 atom stereocenters. The van der Waals surface area contributed by atoms with Crippen LogP contribution in [0, 0.1) is 17.3 Å². The van der Waals surface area contributed by atoms with Gasteiger partial charge < -0.3 is 5.11 Å². The van der Waals surface area contributed by atoms with Crippen molar-refractivity contribution in [1.29, 1.82) is 0 Å². The van der Waals surface area contributed by atoms with Crippen LogP contribution < -0.4 is 0 Å². The van der Waals surface area contributed by atoms with E-state index in [1.54, 1.807) is 0 Å². The zero-order chi connectivity index (χ0) is 8.06. The smallest absolute Gasteiger partial charge is 0.306 e. The van der Waals surface area contributed by atoms with Crippen LogP contribution in [0.15, 0.2) is 0 Å². The van der Waals surface area contributed by atoms with Crippen LogP contribution in [-0.2, 0) is 4.79 Å². The summed E-state index contributed by atoms with van der Waals surface area (Å²) in [5.41, 5.74) is 0.512. The Morgan fingerprint density at radius 2 is 2.27 bits per heavy atom. The summed E-state index contributed by atoms with van der Waals surface area (Å²) in [4.78, 5) is 10.6. The fourth-order valence-corrected chi connectivity index (χ4v) is 2.46. The van der Waals surface area contributed by atoms with E-state index in [2.05, 4.69) is 0 Å². The molecule has 1 N–H and O–H groups in total. The minimum atomic E-state index is -0.612. The van der Waals surface area contributed by atoms with E-state index >= 15 is 0 Å². The molecule has 0 aromatic carbocycles. The van der Waals surface area contributed by atoms with Gasteiger partial charge in [-0.1, -0.05) is 13.3 Å². The molecule has 0 bridgehead atoms. The summed E-state index contributed by atoms with van der Waals surface area (Å²) in [7, 11) is 0. The van der Waals surface area contributed by atoms with Crippen LogP contribution in [0.25, 0.3) is 0 Å². The Morgan fingerprint density at radius 3 is 2.55 bits per heavy atom. The average Bonchev–Trinajstić information content (AvgIpc) is 2.58. The van der Waals surface area contributed by atoms with Gasteiger partial charge in [0.25, 0.3) is 0 Å². The molecular formula is C9H14O2. The highest BCUT2D eigenvalue weighted by Gasteiger charge is 2.60. The van der Waals surface area contributed by atoms with Gasteiger partial charge in [-0.3, -0.25) is 4.79 Å². The minimum absolute atomic E-state index is 0.102. The highest BCUT2D eigenvalue weighted by molar-refractivity contribution is 5.70. The van der Waals surface area contributed by atoms with Crippen LogP contribution in [0.5, 0.6) is 0 Å². The van der Waals surface area contributed by atoms with Gasteiger partial charge in [0.15, 0.2) is 0 Å². The van der Waals surface area contributed by atoms with E-state index in [0.717, 1.165) is 0 Å². The van der Waals surface area contributed by atoms with Crippen LogP contribution in [0.3, 0.4) is 0 Å². The van der Waals surface area contributed by atoms with Crippen molar-refractivity contribution in [2.24, 2.45) is 17.3 Å². The lowest BCUT2D eigenvalue weighted by Gasteiger charge is -2.27. The molecule has 0 aromatic rings. The zero-order valence-electron chi connectivity index (χ0n) is 6.84. The SMILES string of the molecule is C[C@H](C(=O)O)C1CC12CCC2. The fourth-order valence-electron chi connectivity index (χ4n) is 2.46. The molecule has 11 heavy (non-hydrogen) atoms. The molecule has 0 radical (unpaired) electrons. The lowest BCUT2D eigenvalue weighted by Crippen LogP contribution is -2.21. The van der Waals surface area contributed by atoms with Gasteiger partial charge in [-0.15, -0.1) is 0 Å². The lowest BCUT2D eigenvalue weighted by atomic mass is 9.78. The van der Waals surface area contributed by atoms with Crippen LogP contribution in [0.1, 0.15) is 32.6 Å². The standard InChI is InChI=1S/C9H14O2/c1-6(8(10)11)7-5-9(7)3-2-4-9/h6-7H,2-5H2,1H3,(H,10,11)/t6-,7?/m0/s1. The summed E-state index contributed by atoms with van der Waals surface area (Å²) in [6, 6.07) is 0. The van der Waals surface area contributed by atoms with Crippen molar-refractivity contribution in [3.8, 4) is 0 Å². The first-order valence-electron chi connectivity index (χ1n) is 4.38. The molecule has 0 amide bonds. The first-order chi connectivity index (χ1) is 5.16. The Morgan fingerprint density at radius 1 is 1.64 bits per heavy atom. The number of aliphatic carboxylic acids is 1. The lowest BCUT2D eigenvalue weighted by molar-refractivity contribution is -0.142. The maximum Gasteiger partial charge on any atom is 0.306 e. The molecule has 1 spiro atoms. The van der Waals surface area contributed by atoms with Crippen molar-refractivity contribution in [1.82, 2.24) is 0 Å². The van der Waals surface area contributed by atoms with Gasteiger partial charge in [0.1, 0.15) is 0 Å². The predicted octanol–water partition coefficient (Wildman–Crippen LogP) is 1.90. The van der Waals surface area contributed by atoms with Gasteiger partial charge in [0, 0.05) is 0 Å². The molecule has 62 valence electrons. The summed E-state index contributed by atoms with van der Waals surface area (Å²) in [6.07, 6.45) is 5.08. The second-order valence-corrected chi connectivity index (χ2v) is 4.15. The molecule has 2 aliphatic rings. The Bertz CT molecular complexity index is 194. The van der Waals surface area contributed by atoms with E-state index in [0.29, 0.717) is 11.3 Å². The van der Waals surface area contributed by atoms with Gasteiger partial charge in [0.05, 0.1) is 5.92 Å². The molecule has 0 heterocycles. The molecule has 2 saturated carbocycles. The van der Waals surface area contributed by atoms with Crippen molar-refractivity contribution >= 4 is 5.97 Å². The second-order valence-electron chi connectivity index (χ2n) is 4.15. The zero-order valence-corrected chi connectivity index (χ0v) is 6.84. The van der Waals surface area contributed by atoms with Gasteiger partial charge in [-0.2, -0.15) is 0 Å². The highest BCUT2D eigenvalue weighted by Crippen LogP contribution is 2.67. The third-order valence-electron chi connectivity index (χ3n) is 3.60. The summed E-state index contributed by atoms with van der Waals surface area (Å²) in [5, 5.41) is 8.74. The van der Waals surface area contributed by atoms with Crippen molar-refractivity contribution < 1.29 is 9.90 Å². The fraction of sp³-hybridized carbons (Fsp3) is 0.889. The van der Waals surface area contributed by atoms with Crippen LogP contribution in [0.4, 0.5) is 0 Å². The van der Waals surface area contributed by atoms with E-state index < -0.39 is 5.97 Å². The number of carboxylic acids is 1. The number of hydrogen-bond donors (Lipinski definition) is 1. The predicted molar refractivity (Wildman–Crippen MR) is 41.2 cm³/mol. The molecule has 2 nitrogen and oxygen atoms in total. The van der Waals surface area contributed by atoms with Crippen molar-refractivity contribution in [3.05, 3.63) is 0 Å². The van der Waals surface area contributed by atoms with Crippen LogP contribution in [0.2, 0.25) is 0 Å². The van der Waals surface area contributed by atoms with Crippen LogP contribution in [-0.4, -0.2) is 11.1 Å². The molecule has 0 aromatic heterocycles. The summed E-state index contributed by atoms with van der Waals surface area (Å²) < 4.78 is 0. The maximum absolute atomic E-state index is 10.6. The molecule has 2 heteroatoms. The number of rotatable bonds is 2. The largest absolute Gasteiger partial charge is 0.481 e. The van der Waals surface area contributed by atoms with Gasteiger partial charge >= 0.3 is 5.97 Å². The quantitative estimate of drug-likeness (QED) is 0.659. The molecule has 2 rings (SSSR count). The maximum atomic E-state index is 10.6. The molecule has 2 fully saturated rings. The molecule has 2 aliphatic carbocycles. The third-order valence-corrected chi connectivity index (χ3v) is 3.60. The number of carboxylic acid groups (broad SMARTS) is 1. The molecule has 0 aliphatic heterocycles. The number of carbonyl (C=O) groups is 1. The van der Waals surface area contributed by atoms with E-state index in [4.69, 9.17) is 5.11 Å². The van der Waals surface area contributed by atoms with Crippen LogP contribution >= 0.6 is 0 Å². The first kappa shape index (κ1) is 7.14. The summed E-state index contributed by atoms with van der Waals surface area (Å²) >= 11 is 0.